The summed E-state index contributed by atoms with van der Waals surface area (Å²) in [6, 6.07) is 0.386. The molecule has 3 unspecified atom stereocenters. The van der Waals surface area contributed by atoms with Gasteiger partial charge in [0.1, 0.15) is 6.10 Å². The molecule has 2 aliphatic heterocycles. The molecule has 0 aromatic heterocycles. The lowest BCUT2D eigenvalue weighted by Crippen LogP contribution is -2.42. The normalized spacial score (nSPS) is 36.1. The fourth-order valence-electron chi connectivity index (χ4n) is 2.46. The van der Waals surface area contributed by atoms with Gasteiger partial charge in [-0.2, -0.15) is 0 Å². The fraction of sp³-hybridized carbons (Fsp3) is 0.909. The molecule has 0 bridgehead atoms. The van der Waals surface area contributed by atoms with E-state index in [-0.39, 0.29) is 18.1 Å². The molecular weight excluding hydrogens is 258 g/mol. The van der Waals surface area contributed by atoms with Crippen LogP contribution in [0.5, 0.6) is 0 Å². The van der Waals surface area contributed by atoms with Crippen LogP contribution in [0, 0.1) is 0 Å². The third-order valence-corrected chi connectivity index (χ3v) is 4.09. The predicted molar refractivity (Wildman–Crippen MR) is 62.1 cm³/mol. The second-order valence-corrected chi connectivity index (χ2v) is 5.14. The van der Waals surface area contributed by atoms with E-state index >= 15 is 0 Å². The van der Waals surface area contributed by atoms with Crippen molar-refractivity contribution in [2.75, 3.05) is 11.9 Å². The molecule has 0 radical (unpaired) electrons. The first-order valence-corrected chi connectivity index (χ1v) is 6.86. The van der Waals surface area contributed by atoms with Crippen molar-refractivity contribution in [2.24, 2.45) is 0 Å². The summed E-state index contributed by atoms with van der Waals surface area (Å²) in [5, 5.41) is 0.890. The molecule has 0 aromatic rings. The second kappa shape index (κ2) is 4.83. The number of rotatable bonds is 2. The van der Waals surface area contributed by atoms with Gasteiger partial charge in [0.25, 0.3) is 5.91 Å². The Morgan fingerprint density at radius 1 is 1.47 bits per heavy atom. The van der Waals surface area contributed by atoms with Gasteiger partial charge in [-0.05, 0) is 32.6 Å². The van der Waals surface area contributed by atoms with Gasteiger partial charge in [0.2, 0.25) is 0 Å². The summed E-state index contributed by atoms with van der Waals surface area (Å²) < 4.78 is 5.62. The Kier molecular flexibility index (Phi) is 3.67. The van der Waals surface area contributed by atoms with Crippen LogP contribution in [0.4, 0.5) is 0 Å². The number of amides is 1. The van der Waals surface area contributed by atoms with Gasteiger partial charge in [0, 0.05) is 17.9 Å². The number of ether oxygens (including phenoxy) is 1. The molecule has 2 heterocycles. The number of nitrogens with zero attached hydrogens (tertiary/aromatic N) is 1. The molecular formula is C11H18BrNO2. The minimum atomic E-state index is -0.167. The number of hydrogen-bond donors (Lipinski definition) is 0. The first-order chi connectivity index (χ1) is 7.22. The van der Waals surface area contributed by atoms with E-state index in [0.717, 1.165) is 37.6 Å². The third-order valence-electron chi connectivity index (χ3n) is 3.35. The summed E-state index contributed by atoms with van der Waals surface area (Å²) in [4.78, 5) is 14.1. The Hall–Kier alpha value is -0.0900. The van der Waals surface area contributed by atoms with Crippen molar-refractivity contribution in [1.29, 1.82) is 0 Å². The summed E-state index contributed by atoms with van der Waals surface area (Å²) in [6.45, 7) is 2.95. The molecule has 0 aliphatic carbocycles. The topological polar surface area (TPSA) is 29.5 Å². The van der Waals surface area contributed by atoms with Crippen molar-refractivity contribution >= 4 is 21.8 Å². The number of carbonyl (C=O) groups excluding carboxylic acids is 1. The Balaban J connectivity index is 1.95. The van der Waals surface area contributed by atoms with Crippen molar-refractivity contribution in [3.63, 3.8) is 0 Å². The maximum atomic E-state index is 12.1. The number of alkyl halides is 1. The first kappa shape index (κ1) is 11.4. The minimum absolute atomic E-state index is 0.167. The quantitative estimate of drug-likeness (QED) is 0.721. The van der Waals surface area contributed by atoms with Gasteiger partial charge in [-0.1, -0.05) is 15.9 Å². The zero-order chi connectivity index (χ0) is 10.8. The predicted octanol–water partition coefficient (Wildman–Crippen LogP) is 1.94. The molecule has 0 saturated carbocycles. The number of hydrogen-bond acceptors (Lipinski definition) is 2. The largest absolute Gasteiger partial charge is 0.365 e. The van der Waals surface area contributed by atoms with Crippen molar-refractivity contribution < 1.29 is 9.53 Å². The minimum Gasteiger partial charge on any atom is -0.365 e. The van der Waals surface area contributed by atoms with Crippen molar-refractivity contribution in [1.82, 2.24) is 4.90 Å². The van der Waals surface area contributed by atoms with Crippen molar-refractivity contribution in [2.45, 2.75) is 50.9 Å². The fourth-order valence-corrected chi connectivity index (χ4v) is 3.13. The average molecular weight is 276 g/mol. The summed E-state index contributed by atoms with van der Waals surface area (Å²) >= 11 is 3.47. The van der Waals surface area contributed by atoms with E-state index in [1.165, 1.54) is 0 Å². The van der Waals surface area contributed by atoms with E-state index in [9.17, 15) is 4.79 Å². The van der Waals surface area contributed by atoms with Gasteiger partial charge < -0.3 is 9.64 Å². The summed E-state index contributed by atoms with van der Waals surface area (Å²) in [6.07, 6.45) is 4.25. The second-order valence-electron chi connectivity index (χ2n) is 4.49. The van der Waals surface area contributed by atoms with E-state index in [4.69, 9.17) is 4.74 Å². The molecule has 3 atom stereocenters. The Morgan fingerprint density at radius 3 is 2.87 bits per heavy atom. The van der Waals surface area contributed by atoms with E-state index in [1.807, 2.05) is 11.8 Å². The average Bonchev–Trinajstić information content (AvgIpc) is 2.84. The number of carbonyl (C=O) groups is 1. The van der Waals surface area contributed by atoms with E-state index < -0.39 is 0 Å². The van der Waals surface area contributed by atoms with Gasteiger partial charge in [0.15, 0.2) is 0 Å². The molecule has 0 aromatic carbocycles. The van der Waals surface area contributed by atoms with Crippen LogP contribution < -0.4 is 0 Å². The molecule has 4 heteroatoms. The Labute approximate surface area is 99.3 Å². The molecule has 15 heavy (non-hydrogen) atoms. The zero-order valence-electron chi connectivity index (χ0n) is 9.12. The molecule has 1 amide bonds. The summed E-state index contributed by atoms with van der Waals surface area (Å²) in [7, 11) is 0. The zero-order valence-corrected chi connectivity index (χ0v) is 10.7. The highest BCUT2D eigenvalue weighted by molar-refractivity contribution is 9.09. The van der Waals surface area contributed by atoms with E-state index in [2.05, 4.69) is 15.9 Å². The number of halogens is 1. The maximum absolute atomic E-state index is 12.1. The highest BCUT2D eigenvalue weighted by Crippen LogP contribution is 2.25. The lowest BCUT2D eigenvalue weighted by molar-refractivity contribution is -0.143. The van der Waals surface area contributed by atoms with E-state index in [1.54, 1.807) is 0 Å². The lowest BCUT2D eigenvalue weighted by atomic mass is 10.2. The molecule has 2 rings (SSSR count). The molecule has 2 aliphatic rings. The Morgan fingerprint density at radius 2 is 2.27 bits per heavy atom. The number of likely N-dealkylation sites (tertiary alicyclic amines) is 1. The molecule has 0 spiro atoms. The van der Waals surface area contributed by atoms with Crippen LogP contribution in [0.3, 0.4) is 0 Å². The van der Waals surface area contributed by atoms with Crippen LogP contribution in [0.15, 0.2) is 0 Å². The smallest absolute Gasteiger partial charge is 0.251 e. The summed E-state index contributed by atoms with van der Waals surface area (Å²) in [5.74, 6) is 0.210. The third kappa shape index (κ3) is 2.36. The molecule has 2 fully saturated rings. The van der Waals surface area contributed by atoms with Gasteiger partial charge >= 0.3 is 0 Å². The summed E-state index contributed by atoms with van der Waals surface area (Å²) in [5.41, 5.74) is 0. The molecule has 2 saturated heterocycles. The molecule has 0 N–H and O–H groups in total. The standard InChI is InChI=1S/C11H18BrNO2/c1-8-4-5-10(15-8)11(14)13-6-2-3-9(13)7-12/h8-10H,2-7H2,1H3. The highest BCUT2D eigenvalue weighted by atomic mass is 79.9. The van der Waals surface area contributed by atoms with Gasteiger partial charge in [-0.25, -0.2) is 0 Å². The van der Waals surface area contributed by atoms with Gasteiger partial charge in [0.05, 0.1) is 6.10 Å². The maximum Gasteiger partial charge on any atom is 0.251 e. The highest BCUT2D eigenvalue weighted by Gasteiger charge is 2.36. The van der Waals surface area contributed by atoms with Crippen molar-refractivity contribution in [3.05, 3.63) is 0 Å². The van der Waals surface area contributed by atoms with E-state index in [0.29, 0.717) is 6.04 Å². The first-order valence-electron chi connectivity index (χ1n) is 5.74. The lowest BCUT2D eigenvalue weighted by Gasteiger charge is -2.25. The van der Waals surface area contributed by atoms with Gasteiger partial charge in [-0.15, -0.1) is 0 Å². The van der Waals surface area contributed by atoms with Crippen LogP contribution in [-0.4, -0.2) is 40.9 Å². The Bertz CT molecular complexity index is 247. The molecule has 86 valence electrons. The van der Waals surface area contributed by atoms with Crippen LogP contribution in [0.25, 0.3) is 0 Å². The van der Waals surface area contributed by atoms with Gasteiger partial charge in [-0.3, -0.25) is 4.79 Å². The van der Waals surface area contributed by atoms with Crippen molar-refractivity contribution in [3.8, 4) is 0 Å². The SMILES string of the molecule is CC1CCC(C(=O)N2CCCC2CBr)O1. The monoisotopic (exact) mass is 275 g/mol. The van der Waals surface area contributed by atoms with Crippen LogP contribution in [0.2, 0.25) is 0 Å². The molecule has 3 nitrogen and oxygen atoms in total. The van der Waals surface area contributed by atoms with Crippen LogP contribution in [-0.2, 0) is 9.53 Å². The van der Waals surface area contributed by atoms with Crippen LogP contribution >= 0.6 is 15.9 Å². The van der Waals surface area contributed by atoms with Crippen LogP contribution in [0.1, 0.15) is 32.6 Å².